The predicted octanol–water partition coefficient (Wildman–Crippen LogP) is 5.38. The van der Waals surface area contributed by atoms with Crippen LogP contribution in [0.2, 0.25) is 0 Å². The summed E-state index contributed by atoms with van der Waals surface area (Å²) < 4.78 is 8.41. The van der Waals surface area contributed by atoms with E-state index in [0.29, 0.717) is 23.8 Å². The van der Waals surface area contributed by atoms with Gasteiger partial charge >= 0.3 is 0 Å². The van der Waals surface area contributed by atoms with E-state index in [1.807, 2.05) is 35.0 Å². The molecule has 1 fully saturated rings. The fraction of sp³-hybridized carbons (Fsp3) is 0.312. The van der Waals surface area contributed by atoms with Crippen LogP contribution < -0.4 is 10.1 Å². The Balaban J connectivity index is 1.14. The Kier molecular flexibility index (Phi) is 8.85. The van der Waals surface area contributed by atoms with Crippen LogP contribution in [0.5, 0.6) is 5.75 Å². The SMILES string of the molecule is O=C(NCCCn1ccnc1)c1ccccc1OC1CCN(CC(c2ccccc2)c2ccccc2)CC1. The van der Waals surface area contributed by atoms with Gasteiger partial charge in [0.25, 0.3) is 5.91 Å². The minimum atomic E-state index is -0.0859. The fourth-order valence-corrected chi connectivity index (χ4v) is 5.16. The monoisotopic (exact) mass is 508 g/mol. The molecular weight excluding hydrogens is 472 g/mol. The molecule has 0 atom stereocenters. The number of amides is 1. The molecule has 1 aliphatic rings. The van der Waals surface area contributed by atoms with Crippen LogP contribution in [0.4, 0.5) is 0 Å². The number of hydrogen-bond donors (Lipinski definition) is 1. The number of para-hydroxylation sites is 1. The van der Waals surface area contributed by atoms with E-state index < -0.39 is 0 Å². The number of nitrogens with zero attached hydrogens (tertiary/aromatic N) is 3. The van der Waals surface area contributed by atoms with E-state index in [4.69, 9.17) is 4.74 Å². The van der Waals surface area contributed by atoms with E-state index in [1.165, 1.54) is 11.1 Å². The number of ether oxygens (including phenoxy) is 1. The van der Waals surface area contributed by atoms with E-state index in [-0.39, 0.29) is 12.0 Å². The Morgan fingerprint density at radius 1 is 0.921 bits per heavy atom. The summed E-state index contributed by atoms with van der Waals surface area (Å²) in [6.45, 7) is 4.37. The van der Waals surface area contributed by atoms with Crippen molar-refractivity contribution in [3.8, 4) is 5.75 Å². The van der Waals surface area contributed by atoms with Crippen molar-refractivity contribution in [2.45, 2.75) is 37.8 Å². The third-order valence-corrected chi connectivity index (χ3v) is 7.24. The number of carbonyl (C=O) groups is 1. The van der Waals surface area contributed by atoms with Gasteiger partial charge in [0.15, 0.2) is 0 Å². The minimum Gasteiger partial charge on any atom is -0.489 e. The average Bonchev–Trinajstić information content (AvgIpc) is 3.50. The molecular formula is C32H36N4O2. The van der Waals surface area contributed by atoms with Crippen LogP contribution >= 0.6 is 0 Å². The number of nitrogens with one attached hydrogen (secondary N) is 1. The topological polar surface area (TPSA) is 59.4 Å². The highest BCUT2D eigenvalue weighted by Crippen LogP contribution is 2.28. The number of likely N-dealkylation sites (tertiary alicyclic amines) is 1. The van der Waals surface area contributed by atoms with Crippen LogP contribution in [0.3, 0.4) is 0 Å². The summed E-state index contributed by atoms with van der Waals surface area (Å²) in [5, 5.41) is 3.04. The summed E-state index contributed by atoms with van der Waals surface area (Å²) in [6.07, 6.45) is 8.32. The standard InChI is InChI=1S/C32H36N4O2/c37-32(34-18-9-20-36-23-19-33-25-36)29-14-7-8-15-31(29)38-28-16-21-35(22-17-28)24-30(26-10-3-1-4-11-26)27-12-5-2-6-13-27/h1-8,10-15,19,23,25,28,30H,9,16-18,20-22,24H2,(H,34,37). The lowest BCUT2D eigenvalue weighted by Crippen LogP contribution is -2.40. The normalized spacial score (nSPS) is 14.4. The molecule has 1 amide bonds. The first-order chi connectivity index (χ1) is 18.8. The van der Waals surface area contributed by atoms with Gasteiger partial charge in [0.1, 0.15) is 11.9 Å². The molecule has 0 radical (unpaired) electrons. The number of imidazole rings is 1. The predicted molar refractivity (Wildman–Crippen MR) is 150 cm³/mol. The lowest BCUT2D eigenvalue weighted by molar-refractivity contribution is 0.0899. The molecule has 1 aliphatic heterocycles. The summed E-state index contributed by atoms with van der Waals surface area (Å²) in [6, 6.07) is 29.2. The minimum absolute atomic E-state index is 0.0859. The van der Waals surface area contributed by atoms with E-state index >= 15 is 0 Å². The van der Waals surface area contributed by atoms with Gasteiger partial charge in [0.2, 0.25) is 0 Å². The van der Waals surface area contributed by atoms with Gasteiger partial charge in [-0.2, -0.15) is 0 Å². The molecule has 196 valence electrons. The lowest BCUT2D eigenvalue weighted by Gasteiger charge is -2.35. The van der Waals surface area contributed by atoms with Gasteiger partial charge in [0.05, 0.1) is 11.9 Å². The molecule has 5 rings (SSSR count). The summed E-state index contributed by atoms with van der Waals surface area (Å²) in [4.78, 5) is 19.5. The van der Waals surface area contributed by atoms with Crippen LogP contribution in [0.25, 0.3) is 0 Å². The van der Waals surface area contributed by atoms with Gasteiger partial charge in [-0.1, -0.05) is 72.8 Å². The van der Waals surface area contributed by atoms with Gasteiger partial charge in [-0.15, -0.1) is 0 Å². The van der Waals surface area contributed by atoms with Gasteiger partial charge in [-0.25, -0.2) is 4.98 Å². The van der Waals surface area contributed by atoms with E-state index in [0.717, 1.165) is 45.4 Å². The third-order valence-electron chi connectivity index (χ3n) is 7.24. The van der Waals surface area contributed by atoms with Crippen LogP contribution in [-0.2, 0) is 6.54 Å². The molecule has 6 heteroatoms. The van der Waals surface area contributed by atoms with Crippen molar-refractivity contribution in [2.75, 3.05) is 26.2 Å². The second-order valence-corrected chi connectivity index (χ2v) is 9.90. The Morgan fingerprint density at radius 2 is 1.58 bits per heavy atom. The zero-order valence-electron chi connectivity index (χ0n) is 21.8. The van der Waals surface area contributed by atoms with Crippen LogP contribution in [-0.4, -0.2) is 52.6 Å². The van der Waals surface area contributed by atoms with Crippen molar-refractivity contribution in [3.63, 3.8) is 0 Å². The largest absolute Gasteiger partial charge is 0.489 e. The maximum atomic E-state index is 12.9. The molecule has 0 saturated carbocycles. The lowest BCUT2D eigenvalue weighted by atomic mass is 9.90. The highest BCUT2D eigenvalue weighted by Gasteiger charge is 2.25. The summed E-state index contributed by atoms with van der Waals surface area (Å²) >= 11 is 0. The molecule has 0 unspecified atom stereocenters. The smallest absolute Gasteiger partial charge is 0.255 e. The quantitative estimate of drug-likeness (QED) is 0.277. The second kappa shape index (κ2) is 13.1. The van der Waals surface area contributed by atoms with Gasteiger partial charge in [-0.3, -0.25) is 4.79 Å². The molecule has 0 spiro atoms. The zero-order valence-corrected chi connectivity index (χ0v) is 21.8. The van der Waals surface area contributed by atoms with Crippen molar-refractivity contribution < 1.29 is 9.53 Å². The molecule has 0 aliphatic carbocycles. The molecule has 0 bridgehead atoms. The molecule has 1 aromatic heterocycles. The van der Waals surface area contributed by atoms with Crippen LogP contribution in [0, 0.1) is 0 Å². The first-order valence-corrected chi connectivity index (χ1v) is 13.6. The molecule has 4 aromatic rings. The number of rotatable bonds is 11. The van der Waals surface area contributed by atoms with Crippen molar-refractivity contribution >= 4 is 5.91 Å². The average molecular weight is 509 g/mol. The van der Waals surface area contributed by atoms with Crippen LogP contribution in [0.1, 0.15) is 46.7 Å². The summed E-state index contributed by atoms with van der Waals surface area (Å²) in [7, 11) is 0. The summed E-state index contributed by atoms with van der Waals surface area (Å²) in [5.41, 5.74) is 3.30. The molecule has 1 saturated heterocycles. The van der Waals surface area contributed by atoms with E-state index in [9.17, 15) is 4.79 Å². The zero-order chi connectivity index (χ0) is 26.0. The Hall–Kier alpha value is -3.90. The molecule has 6 nitrogen and oxygen atoms in total. The fourth-order valence-electron chi connectivity index (χ4n) is 5.16. The number of carbonyl (C=O) groups excluding carboxylic acids is 1. The maximum Gasteiger partial charge on any atom is 0.255 e. The van der Waals surface area contributed by atoms with Crippen molar-refractivity contribution in [1.82, 2.24) is 19.8 Å². The highest BCUT2D eigenvalue weighted by molar-refractivity contribution is 5.96. The van der Waals surface area contributed by atoms with Crippen molar-refractivity contribution in [2.24, 2.45) is 0 Å². The Morgan fingerprint density at radius 3 is 2.24 bits per heavy atom. The number of hydrogen-bond acceptors (Lipinski definition) is 4. The third kappa shape index (κ3) is 6.90. The molecule has 3 aromatic carbocycles. The highest BCUT2D eigenvalue weighted by atomic mass is 16.5. The Labute approximate surface area is 225 Å². The number of aryl methyl sites for hydroxylation is 1. The van der Waals surface area contributed by atoms with E-state index in [2.05, 4.69) is 75.9 Å². The first kappa shape index (κ1) is 25.7. The van der Waals surface area contributed by atoms with Gasteiger partial charge in [-0.05, 0) is 42.5 Å². The Bertz CT molecular complexity index is 1210. The number of piperidine rings is 1. The second-order valence-electron chi connectivity index (χ2n) is 9.90. The molecule has 1 N–H and O–H groups in total. The molecule has 38 heavy (non-hydrogen) atoms. The van der Waals surface area contributed by atoms with Crippen molar-refractivity contribution in [1.29, 1.82) is 0 Å². The van der Waals surface area contributed by atoms with Crippen molar-refractivity contribution in [3.05, 3.63) is 120 Å². The maximum absolute atomic E-state index is 12.9. The molecule has 2 heterocycles. The number of aromatic nitrogens is 2. The van der Waals surface area contributed by atoms with E-state index in [1.54, 1.807) is 12.5 Å². The first-order valence-electron chi connectivity index (χ1n) is 13.6. The van der Waals surface area contributed by atoms with Gasteiger partial charge < -0.3 is 19.5 Å². The van der Waals surface area contributed by atoms with Crippen LogP contribution in [0.15, 0.2) is 104 Å². The van der Waals surface area contributed by atoms with Gasteiger partial charge in [0, 0.05) is 51.0 Å². The number of benzene rings is 3. The summed E-state index contributed by atoms with van der Waals surface area (Å²) in [5.74, 6) is 0.926.